The lowest BCUT2D eigenvalue weighted by molar-refractivity contribution is -0.127. The highest BCUT2D eigenvalue weighted by atomic mass is 32.2. The molecule has 27 heavy (non-hydrogen) atoms. The number of hydrogen-bond donors (Lipinski definition) is 0. The Kier molecular flexibility index (Phi) is 6.54. The van der Waals surface area contributed by atoms with Gasteiger partial charge in [-0.1, -0.05) is 18.2 Å². The number of benzene rings is 2. The summed E-state index contributed by atoms with van der Waals surface area (Å²) in [6, 6.07) is 17.7. The van der Waals surface area contributed by atoms with Crippen molar-refractivity contribution in [1.82, 2.24) is 14.7 Å². The molecule has 0 aliphatic carbocycles. The van der Waals surface area contributed by atoms with Gasteiger partial charge in [-0.2, -0.15) is 5.10 Å². The van der Waals surface area contributed by atoms with Crippen molar-refractivity contribution in [3.8, 4) is 11.4 Å². The Morgan fingerprint density at radius 1 is 1.15 bits per heavy atom. The van der Waals surface area contributed by atoms with Crippen LogP contribution in [0.2, 0.25) is 0 Å². The highest BCUT2D eigenvalue weighted by Gasteiger charge is 2.11. The molecular formula is C21H23N3O2S. The molecule has 0 saturated heterocycles. The summed E-state index contributed by atoms with van der Waals surface area (Å²) in [6.07, 6.45) is 3.76. The molecule has 0 N–H and O–H groups in total. The Balaban J connectivity index is 1.51. The molecule has 3 rings (SSSR count). The second kappa shape index (κ2) is 9.28. The maximum absolute atomic E-state index is 12.4. The summed E-state index contributed by atoms with van der Waals surface area (Å²) in [5.41, 5.74) is 2.00. The van der Waals surface area contributed by atoms with Crippen molar-refractivity contribution in [2.75, 3.05) is 19.4 Å². The van der Waals surface area contributed by atoms with Crippen molar-refractivity contribution in [3.05, 3.63) is 72.6 Å². The van der Waals surface area contributed by atoms with Gasteiger partial charge in [-0.15, -0.1) is 11.8 Å². The zero-order valence-corrected chi connectivity index (χ0v) is 16.4. The van der Waals surface area contributed by atoms with Gasteiger partial charge in [0.2, 0.25) is 5.91 Å². The normalized spacial score (nSPS) is 10.6. The highest BCUT2D eigenvalue weighted by molar-refractivity contribution is 8.00. The topological polar surface area (TPSA) is 47.4 Å². The Bertz CT molecular complexity index is 863. The van der Waals surface area contributed by atoms with Crippen molar-refractivity contribution >= 4 is 17.7 Å². The predicted octanol–water partition coefficient (Wildman–Crippen LogP) is 4.02. The molecule has 0 spiro atoms. The van der Waals surface area contributed by atoms with E-state index in [1.165, 1.54) is 11.8 Å². The number of amides is 1. The first-order valence-electron chi connectivity index (χ1n) is 8.84. The van der Waals surface area contributed by atoms with Gasteiger partial charge in [0.05, 0.1) is 24.2 Å². The van der Waals surface area contributed by atoms with E-state index in [4.69, 9.17) is 4.74 Å². The van der Waals surface area contributed by atoms with Crippen LogP contribution in [0, 0.1) is 0 Å². The fourth-order valence-corrected chi connectivity index (χ4v) is 3.42. The average Bonchev–Trinajstić information content (AvgIpc) is 3.16. The number of carbonyl (C=O) groups is 1. The number of carbonyl (C=O) groups excluding carboxylic acids is 1. The lowest BCUT2D eigenvalue weighted by Gasteiger charge is -2.16. The third kappa shape index (κ3) is 5.37. The smallest absolute Gasteiger partial charge is 0.232 e. The number of rotatable bonds is 8. The van der Waals surface area contributed by atoms with Crippen LogP contribution in [0.3, 0.4) is 0 Å². The Morgan fingerprint density at radius 3 is 2.59 bits per heavy atom. The number of ether oxygens (including phenoxy) is 1. The van der Waals surface area contributed by atoms with Gasteiger partial charge in [-0.3, -0.25) is 4.79 Å². The SMILES string of the molecule is CCOc1ccc(SCC(=O)N(C)Cc2cnn(-c3ccccc3)c2)cc1. The van der Waals surface area contributed by atoms with Crippen LogP contribution in [0.5, 0.6) is 5.75 Å². The zero-order chi connectivity index (χ0) is 19.1. The van der Waals surface area contributed by atoms with Crippen LogP contribution in [-0.4, -0.2) is 40.0 Å². The van der Waals surface area contributed by atoms with Gasteiger partial charge in [0.15, 0.2) is 0 Å². The van der Waals surface area contributed by atoms with E-state index in [0.29, 0.717) is 18.9 Å². The fraction of sp³-hybridized carbons (Fsp3) is 0.238. The zero-order valence-electron chi connectivity index (χ0n) is 15.5. The molecule has 0 unspecified atom stereocenters. The van der Waals surface area contributed by atoms with Gasteiger partial charge in [-0.05, 0) is 43.3 Å². The minimum absolute atomic E-state index is 0.0846. The Labute approximate surface area is 164 Å². The molecule has 0 aliphatic heterocycles. The van der Waals surface area contributed by atoms with Crippen LogP contribution in [0.1, 0.15) is 12.5 Å². The van der Waals surface area contributed by atoms with Crippen molar-refractivity contribution < 1.29 is 9.53 Å². The molecule has 1 amide bonds. The maximum Gasteiger partial charge on any atom is 0.232 e. The average molecular weight is 382 g/mol. The van der Waals surface area contributed by atoms with E-state index >= 15 is 0 Å². The van der Waals surface area contributed by atoms with Crippen LogP contribution in [-0.2, 0) is 11.3 Å². The molecule has 0 atom stereocenters. The molecule has 5 nitrogen and oxygen atoms in total. The molecule has 140 valence electrons. The van der Waals surface area contributed by atoms with E-state index in [0.717, 1.165) is 21.9 Å². The summed E-state index contributed by atoms with van der Waals surface area (Å²) in [7, 11) is 1.82. The van der Waals surface area contributed by atoms with Crippen molar-refractivity contribution in [2.45, 2.75) is 18.4 Å². The molecular weight excluding hydrogens is 358 g/mol. The highest BCUT2D eigenvalue weighted by Crippen LogP contribution is 2.22. The van der Waals surface area contributed by atoms with E-state index in [9.17, 15) is 4.79 Å². The number of aromatic nitrogens is 2. The molecule has 0 radical (unpaired) electrons. The molecule has 0 fully saturated rings. The first-order chi connectivity index (χ1) is 13.2. The van der Waals surface area contributed by atoms with Gasteiger partial charge < -0.3 is 9.64 Å². The summed E-state index contributed by atoms with van der Waals surface area (Å²) in [6.45, 7) is 3.15. The molecule has 2 aromatic carbocycles. The van der Waals surface area contributed by atoms with Gasteiger partial charge in [-0.25, -0.2) is 4.68 Å². The van der Waals surface area contributed by atoms with Gasteiger partial charge in [0.1, 0.15) is 5.75 Å². The Hall–Kier alpha value is -2.73. The van der Waals surface area contributed by atoms with E-state index in [-0.39, 0.29) is 5.91 Å². The minimum atomic E-state index is 0.0846. The first-order valence-corrected chi connectivity index (χ1v) is 9.83. The van der Waals surface area contributed by atoms with Crippen molar-refractivity contribution in [1.29, 1.82) is 0 Å². The van der Waals surface area contributed by atoms with Gasteiger partial charge in [0, 0.05) is 30.2 Å². The molecule has 0 saturated carbocycles. The van der Waals surface area contributed by atoms with E-state index < -0.39 is 0 Å². The number of hydrogen-bond acceptors (Lipinski definition) is 4. The van der Waals surface area contributed by atoms with Crippen LogP contribution in [0.4, 0.5) is 0 Å². The Morgan fingerprint density at radius 2 is 1.89 bits per heavy atom. The molecule has 1 heterocycles. The van der Waals surface area contributed by atoms with Crippen LogP contribution < -0.4 is 4.74 Å². The molecule has 0 bridgehead atoms. The quantitative estimate of drug-likeness (QED) is 0.553. The summed E-state index contributed by atoms with van der Waals surface area (Å²) < 4.78 is 7.25. The summed E-state index contributed by atoms with van der Waals surface area (Å²) in [5.74, 6) is 1.33. The van der Waals surface area contributed by atoms with Crippen molar-refractivity contribution in [2.24, 2.45) is 0 Å². The first kappa shape index (κ1) is 19.0. The van der Waals surface area contributed by atoms with Crippen LogP contribution in [0.25, 0.3) is 5.69 Å². The third-order valence-corrected chi connectivity index (χ3v) is 5.00. The molecule has 0 aliphatic rings. The molecule has 6 heteroatoms. The number of para-hydroxylation sites is 1. The number of nitrogens with zero attached hydrogens (tertiary/aromatic N) is 3. The van der Waals surface area contributed by atoms with E-state index in [1.54, 1.807) is 11.1 Å². The second-order valence-electron chi connectivity index (χ2n) is 6.07. The standard InChI is InChI=1S/C21H23N3O2S/c1-3-26-19-9-11-20(12-10-19)27-16-21(25)23(2)14-17-13-22-24(15-17)18-7-5-4-6-8-18/h4-13,15H,3,14,16H2,1-2H3. The summed E-state index contributed by atoms with van der Waals surface area (Å²) in [5, 5.41) is 4.38. The fourth-order valence-electron chi connectivity index (χ4n) is 2.58. The second-order valence-corrected chi connectivity index (χ2v) is 7.12. The summed E-state index contributed by atoms with van der Waals surface area (Å²) in [4.78, 5) is 15.2. The van der Waals surface area contributed by atoms with E-state index in [1.807, 2.05) is 79.4 Å². The lowest BCUT2D eigenvalue weighted by atomic mass is 10.3. The molecule has 1 aromatic heterocycles. The van der Waals surface area contributed by atoms with Crippen LogP contribution >= 0.6 is 11.8 Å². The monoisotopic (exact) mass is 381 g/mol. The predicted molar refractivity (Wildman–Crippen MR) is 108 cm³/mol. The van der Waals surface area contributed by atoms with Gasteiger partial charge in [0.25, 0.3) is 0 Å². The van der Waals surface area contributed by atoms with Crippen molar-refractivity contribution in [3.63, 3.8) is 0 Å². The summed E-state index contributed by atoms with van der Waals surface area (Å²) >= 11 is 1.53. The third-order valence-electron chi connectivity index (χ3n) is 4.00. The largest absolute Gasteiger partial charge is 0.494 e. The lowest BCUT2D eigenvalue weighted by Crippen LogP contribution is -2.27. The van der Waals surface area contributed by atoms with Gasteiger partial charge >= 0.3 is 0 Å². The van der Waals surface area contributed by atoms with E-state index in [2.05, 4.69) is 5.10 Å². The minimum Gasteiger partial charge on any atom is -0.494 e. The number of thioether (sulfide) groups is 1. The van der Waals surface area contributed by atoms with Crippen LogP contribution in [0.15, 0.2) is 71.9 Å². The maximum atomic E-state index is 12.4. The molecule has 3 aromatic rings.